The van der Waals surface area contributed by atoms with Crippen LogP contribution >= 0.6 is 0 Å². The first kappa shape index (κ1) is 19.1. The molecule has 0 unspecified atom stereocenters. The molecule has 0 aliphatic carbocycles. The Labute approximate surface area is 157 Å². The average Bonchev–Trinajstić information content (AvgIpc) is 2.95. The lowest BCUT2D eigenvalue weighted by Gasteiger charge is -2.29. The Morgan fingerprint density at radius 1 is 1.56 bits per heavy atom. The summed E-state index contributed by atoms with van der Waals surface area (Å²) in [5, 5.41) is 16.5. The van der Waals surface area contributed by atoms with Crippen molar-refractivity contribution in [1.82, 2.24) is 19.7 Å². The molecule has 27 heavy (non-hydrogen) atoms. The predicted octanol–water partition coefficient (Wildman–Crippen LogP) is 1.85. The van der Waals surface area contributed by atoms with Crippen molar-refractivity contribution in [3.05, 3.63) is 23.9 Å². The first-order chi connectivity index (χ1) is 12.6. The van der Waals surface area contributed by atoms with Gasteiger partial charge in [-0.25, -0.2) is 4.98 Å². The zero-order valence-corrected chi connectivity index (χ0v) is 16.2. The van der Waals surface area contributed by atoms with Crippen molar-refractivity contribution in [3.8, 4) is 11.9 Å². The number of hydrogen-bond donors (Lipinski definition) is 1. The van der Waals surface area contributed by atoms with Crippen LogP contribution in [0.5, 0.6) is 5.88 Å². The summed E-state index contributed by atoms with van der Waals surface area (Å²) in [4.78, 5) is 7.97. The van der Waals surface area contributed by atoms with Crippen LogP contribution in [0.3, 0.4) is 0 Å². The van der Waals surface area contributed by atoms with Gasteiger partial charge in [-0.2, -0.15) is 19.7 Å². The van der Waals surface area contributed by atoms with Crippen LogP contribution in [-0.2, 0) is 15.1 Å². The van der Waals surface area contributed by atoms with Crippen LogP contribution in [0, 0.1) is 30.0 Å². The molecular weight excluding hydrogens is 371 g/mol. The molecule has 2 aromatic heterocycles. The normalized spacial score (nSPS) is 22.0. The molecule has 8 nitrogen and oxygen atoms in total. The minimum Gasteiger partial charge on any atom is -0.475 e. The highest BCUT2D eigenvalue weighted by Crippen LogP contribution is 2.24. The summed E-state index contributed by atoms with van der Waals surface area (Å²) in [7, 11) is -1.96. The maximum atomic E-state index is 13.9. The smallest absolute Gasteiger partial charge is 0.255 e. The van der Waals surface area contributed by atoms with Crippen LogP contribution in [0.2, 0.25) is 0 Å². The quantitative estimate of drug-likeness (QED) is 0.748. The molecule has 0 radical (unpaired) electrons. The minimum atomic E-state index is -1.96. The standard InChI is InChI=1S/C17H21FN6O2S/c1-11-14(6-24(23-11)17(2,3)10-19)21-16-20-5-13(18)15(22-16)26-7-12-8-27(4,25)9-12/h5-6,12H,4,7-9H2,1-3H3,(H,20,21,22). The van der Waals surface area contributed by atoms with Gasteiger partial charge in [-0.1, -0.05) is 0 Å². The molecule has 1 fully saturated rings. The highest BCUT2D eigenvalue weighted by Gasteiger charge is 2.29. The third kappa shape index (κ3) is 4.19. The van der Waals surface area contributed by atoms with Crippen molar-refractivity contribution in [1.29, 1.82) is 5.26 Å². The Morgan fingerprint density at radius 2 is 2.26 bits per heavy atom. The second-order valence-electron chi connectivity index (χ2n) is 7.19. The molecule has 1 aliphatic heterocycles. The molecular formula is C17H21FN6O2S. The number of hydrogen-bond acceptors (Lipinski definition) is 7. The molecule has 0 spiro atoms. The Morgan fingerprint density at radius 3 is 2.89 bits per heavy atom. The van der Waals surface area contributed by atoms with E-state index in [9.17, 15) is 13.9 Å². The van der Waals surface area contributed by atoms with Crippen molar-refractivity contribution in [2.75, 3.05) is 23.4 Å². The van der Waals surface area contributed by atoms with Crippen molar-refractivity contribution >= 4 is 27.0 Å². The molecule has 10 heteroatoms. The van der Waals surface area contributed by atoms with Crippen LogP contribution in [0.25, 0.3) is 0 Å². The molecule has 3 rings (SSSR count). The topological polar surface area (TPSA) is 106 Å². The number of nitrogens with one attached hydrogen (secondary N) is 1. The molecule has 0 atom stereocenters. The van der Waals surface area contributed by atoms with Crippen molar-refractivity contribution in [2.24, 2.45) is 5.92 Å². The summed E-state index contributed by atoms with van der Waals surface area (Å²) in [5.74, 6) is 4.00. The Hall–Kier alpha value is -2.67. The lowest BCUT2D eigenvalue weighted by atomic mass is 10.1. The predicted molar refractivity (Wildman–Crippen MR) is 101 cm³/mol. The number of nitriles is 1. The fraction of sp³-hybridized carbons (Fsp3) is 0.471. The summed E-state index contributed by atoms with van der Waals surface area (Å²) < 4.78 is 32.5. The van der Waals surface area contributed by atoms with Gasteiger partial charge < -0.3 is 10.1 Å². The fourth-order valence-corrected chi connectivity index (χ4v) is 4.47. The maximum absolute atomic E-state index is 13.9. The van der Waals surface area contributed by atoms with E-state index in [0.717, 1.165) is 6.20 Å². The molecule has 144 valence electrons. The molecule has 1 saturated heterocycles. The first-order valence-electron chi connectivity index (χ1n) is 8.32. The van der Waals surface area contributed by atoms with E-state index >= 15 is 0 Å². The van der Waals surface area contributed by atoms with Crippen molar-refractivity contribution < 1.29 is 13.3 Å². The number of rotatable bonds is 6. The summed E-state index contributed by atoms with van der Waals surface area (Å²) in [5.41, 5.74) is 0.443. The lowest BCUT2D eigenvalue weighted by molar-refractivity contribution is 0.245. The van der Waals surface area contributed by atoms with E-state index in [-0.39, 0.29) is 24.4 Å². The second kappa shape index (κ2) is 6.81. The van der Waals surface area contributed by atoms with Crippen LogP contribution in [-0.4, -0.2) is 47.9 Å². The highest BCUT2D eigenvalue weighted by molar-refractivity contribution is 8.01. The van der Waals surface area contributed by atoms with Gasteiger partial charge in [0, 0.05) is 17.4 Å². The number of aryl methyl sites for hydroxylation is 1. The van der Waals surface area contributed by atoms with Gasteiger partial charge in [0.15, 0.2) is 0 Å². The minimum absolute atomic E-state index is 0.0921. The Kier molecular flexibility index (Phi) is 4.82. The molecule has 0 aromatic carbocycles. The fourth-order valence-electron chi connectivity index (χ4n) is 2.66. The van der Waals surface area contributed by atoms with Crippen LogP contribution in [0.1, 0.15) is 19.5 Å². The van der Waals surface area contributed by atoms with E-state index in [0.29, 0.717) is 22.9 Å². The van der Waals surface area contributed by atoms with Gasteiger partial charge in [0.25, 0.3) is 5.88 Å². The van der Waals surface area contributed by atoms with Gasteiger partial charge in [0.1, 0.15) is 5.54 Å². The third-order valence-electron chi connectivity index (χ3n) is 4.24. The highest BCUT2D eigenvalue weighted by atomic mass is 32.2. The molecule has 0 saturated carbocycles. The molecule has 1 N–H and O–H groups in total. The lowest BCUT2D eigenvalue weighted by Crippen LogP contribution is -2.39. The third-order valence-corrected chi connectivity index (χ3v) is 6.40. The molecule has 0 bridgehead atoms. The van der Waals surface area contributed by atoms with Gasteiger partial charge in [-0.3, -0.25) is 8.89 Å². The van der Waals surface area contributed by atoms with E-state index < -0.39 is 20.9 Å². The molecule has 3 heterocycles. The summed E-state index contributed by atoms with van der Waals surface area (Å²) in [6.45, 7) is 5.50. The summed E-state index contributed by atoms with van der Waals surface area (Å²) in [6, 6.07) is 2.17. The first-order valence-corrected chi connectivity index (χ1v) is 10.4. The van der Waals surface area contributed by atoms with Gasteiger partial charge in [0.05, 0.1) is 36.5 Å². The largest absolute Gasteiger partial charge is 0.475 e. The van der Waals surface area contributed by atoms with E-state index in [1.807, 2.05) is 0 Å². The summed E-state index contributed by atoms with van der Waals surface area (Å²) in [6.07, 6.45) is 2.69. The van der Waals surface area contributed by atoms with Gasteiger partial charge >= 0.3 is 0 Å². The Bertz CT molecular complexity index is 997. The zero-order chi connectivity index (χ0) is 19.8. The monoisotopic (exact) mass is 392 g/mol. The van der Waals surface area contributed by atoms with Gasteiger partial charge in [-0.15, -0.1) is 0 Å². The maximum Gasteiger partial charge on any atom is 0.255 e. The van der Waals surface area contributed by atoms with E-state index in [2.05, 4.69) is 32.3 Å². The van der Waals surface area contributed by atoms with E-state index in [4.69, 9.17) is 4.74 Å². The van der Waals surface area contributed by atoms with E-state index in [1.54, 1.807) is 31.6 Å². The SMILES string of the molecule is C=S1(=O)CC(COc2nc(Nc3cn(C(C)(C)C#N)nc3C)ncc2F)C1. The number of anilines is 2. The Balaban J connectivity index is 1.72. The molecule has 2 aromatic rings. The zero-order valence-electron chi connectivity index (χ0n) is 15.4. The average molecular weight is 392 g/mol. The van der Waals surface area contributed by atoms with Crippen LogP contribution in [0.15, 0.2) is 12.4 Å². The number of halogens is 1. The number of nitrogens with zero attached hydrogens (tertiary/aromatic N) is 5. The molecule has 1 aliphatic rings. The van der Waals surface area contributed by atoms with Crippen LogP contribution < -0.4 is 10.1 Å². The van der Waals surface area contributed by atoms with Crippen molar-refractivity contribution in [3.63, 3.8) is 0 Å². The van der Waals surface area contributed by atoms with Gasteiger partial charge in [0.2, 0.25) is 11.8 Å². The number of aromatic nitrogens is 4. The second-order valence-corrected chi connectivity index (χ2v) is 9.79. The molecule has 0 amide bonds. The van der Waals surface area contributed by atoms with E-state index in [1.165, 1.54) is 0 Å². The number of ether oxygens (including phenoxy) is 1. The van der Waals surface area contributed by atoms with Gasteiger partial charge in [-0.05, 0) is 36.2 Å². The van der Waals surface area contributed by atoms with Crippen LogP contribution in [0.4, 0.5) is 16.0 Å². The summed E-state index contributed by atoms with van der Waals surface area (Å²) >= 11 is 0. The van der Waals surface area contributed by atoms with Crippen molar-refractivity contribution in [2.45, 2.75) is 26.3 Å².